The molecule has 0 bridgehead atoms. The van der Waals surface area contributed by atoms with Gasteiger partial charge in [-0.15, -0.1) is 0 Å². The summed E-state index contributed by atoms with van der Waals surface area (Å²) in [5.74, 6) is -0.349. The highest BCUT2D eigenvalue weighted by atomic mass is 16.2. The van der Waals surface area contributed by atoms with Crippen LogP contribution >= 0.6 is 0 Å². The van der Waals surface area contributed by atoms with Crippen molar-refractivity contribution >= 4 is 17.5 Å². The smallest absolute Gasteiger partial charge is 0.237 e. The van der Waals surface area contributed by atoms with Crippen molar-refractivity contribution in [2.75, 3.05) is 4.90 Å². The van der Waals surface area contributed by atoms with Gasteiger partial charge in [0, 0.05) is 6.42 Å². The molecule has 0 spiro atoms. The van der Waals surface area contributed by atoms with Gasteiger partial charge in [-0.2, -0.15) is 0 Å². The van der Waals surface area contributed by atoms with Gasteiger partial charge in [-0.3, -0.25) is 14.5 Å². The molecule has 3 heteroatoms. The molecular formula is C26H39NO2. The molecule has 1 aliphatic rings. The second-order valence-corrected chi connectivity index (χ2v) is 9.38. The zero-order chi connectivity index (χ0) is 21.3. The predicted octanol–water partition coefficient (Wildman–Crippen LogP) is 6.95. The number of benzene rings is 1. The quantitative estimate of drug-likeness (QED) is 0.230. The summed E-state index contributed by atoms with van der Waals surface area (Å²) in [5, 5.41) is 0. The number of hydrogen-bond donors (Lipinski definition) is 0. The molecule has 3 nitrogen and oxygen atoms in total. The van der Waals surface area contributed by atoms with Crippen LogP contribution in [0.25, 0.3) is 0 Å². The standard InChI is InChI=1S/C26H39NO2/c1-5-6-7-8-9-10-11-12-13-14-15-21-20-24(28)27(25(21)29)23-18-16-22(17-19-23)26(2,3)4/h13-14,16-19,21H,5-12,15,20H2,1-4H3/b14-13+/t21-/m0/s1. The molecule has 0 aliphatic carbocycles. The van der Waals surface area contributed by atoms with Crippen molar-refractivity contribution in [2.45, 2.75) is 97.3 Å². The first kappa shape index (κ1) is 23.4. The highest BCUT2D eigenvalue weighted by Gasteiger charge is 2.38. The average Bonchev–Trinajstić information content (AvgIpc) is 2.96. The van der Waals surface area contributed by atoms with E-state index in [1.165, 1.54) is 55.4 Å². The molecule has 0 saturated carbocycles. The van der Waals surface area contributed by atoms with Gasteiger partial charge in [0.2, 0.25) is 11.8 Å². The summed E-state index contributed by atoms with van der Waals surface area (Å²) in [6, 6.07) is 7.83. The lowest BCUT2D eigenvalue weighted by Gasteiger charge is -2.21. The molecule has 0 N–H and O–H groups in total. The maximum absolute atomic E-state index is 12.8. The minimum atomic E-state index is -0.213. The van der Waals surface area contributed by atoms with Crippen LogP contribution in [0.15, 0.2) is 36.4 Å². The number of amides is 2. The van der Waals surface area contributed by atoms with Gasteiger partial charge in [-0.25, -0.2) is 0 Å². The SMILES string of the molecule is CCCCCCCCC/C=C/C[C@H]1CC(=O)N(c2ccc(C(C)(C)C)cc2)C1=O. The van der Waals surface area contributed by atoms with Gasteiger partial charge in [0.1, 0.15) is 0 Å². The lowest BCUT2D eigenvalue weighted by atomic mass is 9.87. The molecule has 1 saturated heterocycles. The van der Waals surface area contributed by atoms with Gasteiger partial charge in [-0.1, -0.05) is 90.5 Å². The number of unbranched alkanes of at least 4 members (excludes halogenated alkanes) is 7. The number of imide groups is 1. The van der Waals surface area contributed by atoms with Crippen LogP contribution in [-0.4, -0.2) is 11.8 Å². The second kappa shape index (κ2) is 11.3. The largest absolute Gasteiger partial charge is 0.274 e. The zero-order valence-corrected chi connectivity index (χ0v) is 18.9. The Morgan fingerprint density at radius 2 is 1.55 bits per heavy atom. The van der Waals surface area contributed by atoms with E-state index in [1.807, 2.05) is 24.3 Å². The third-order valence-corrected chi connectivity index (χ3v) is 5.79. The molecule has 1 aromatic rings. The molecule has 160 valence electrons. The number of anilines is 1. The molecule has 29 heavy (non-hydrogen) atoms. The maximum atomic E-state index is 12.8. The van der Waals surface area contributed by atoms with Crippen molar-refractivity contribution in [3.8, 4) is 0 Å². The van der Waals surface area contributed by atoms with Crippen LogP contribution in [0, 0.1) is 5.92 Å². The number of allylic oxidation sites excluding steroid dienone is 2. The average molecular weight is 398 g/mol. The topological polar surface area (TPSA) is 37.4 Å². The Morgan fingerprint density at radius 3 is 2.17 bits per heavy atom. The summed E-state index contributed by atoms with van der Waals surface area (Å²) in [4.78, 5) is 26.6. The van der Waals surface area contributed by atoms with Crippen LogP contribution in [0.1, 0.15) is 97.5 Å². The van der Waals surface area contributed by atoms with Gasteiger partial charge in [0.15, 0.2) is 0 Å². The van der Waals surface area contributed by atoms with E-state index in [-0.39, 0.29) is 23.1 Å². The van der Waals surface area contributed by atoms with Crippen molar-refractivity contribution in [1.82, 2.24) is 0 Å². The maximum Gasteiger partial charge on any atom is 0.237 e. The fourth-order valence-electron chi connectivity index (χ4n) is 3.86. The molecule has 0 aromatic heterocycles. The number of carbonyl (C=O) groups excluding carboxylic acids is 2. The van der Waals surface area contributed by atoms with Crippen LogP contribution < -0.4 is 4.90 Å². The molecule has 2 amide bonds. The van der Waals surface area contributed by atoms with Gasteiger partial charge >= 0.3 is 0 Å². The van der Waals surface area contributed by atoms with Crippen molar-refractivity contribution < 1.29 is 9.59 Å². The van der Waals surface area contributed by atoms with E-state index in [2.05, 4.69) is 39.8 Å². The lowest BCUT2D eigenvalue weighted by Crippen LogP contribution is -2.30. The van der Waals surface area contributed by atoms with E-state index in [0.29, 0.717) is 18.5 Å². The van der Waals surface area contributed by atoms with E-state index < -0.39 is 0 Å². The number of carbonyl (C=O) groups is 2. The Bertz CT molecular complexity index is 682. The molecule has 2 rings (SSSR count). The Labute approximate surface area is 177 Å². The summed E-state index contributed by atoms with van der Waals surface area (Å²) < 4.78 is 0. The van der Waals surface area contributed by atoms with Crippen molar-refractivity contribution in [3.63, 3.8) is 0 Å². The Balaban J connectivity index is 1.77. The Kier molecular flexibility index (Phi) is 9.13. The third kappa shape index (κ3) is 7.13. The number of hydrogen-bond acceptors (Lipinski definition) is 2. The first-order chi connectivity index (χ1) is 13.8. The van der Waals surface area contributed by atoms with Gasteiger partial charge in [-0.05, 0) is 42.4 Å². The number of rotatable bonds is 11. The first-order valence-electron chi connectivity index (χ1n) is 11.5. The molecule has 0 unspecified atom stereocenters. The van der Waals surface area contributed by atoms with Gasteiger partial charge in [0.25, 0.3) is 0 Å². The second-order valence-electron chi connectivity index (χ2n) is 9.38. The zero-order valence-electron chi connectivity index (χ0n) is 18.9. The normalized spacial score (nSPS) is 17.7. The molecular weight excluding hydrogens is 358 g/mol. The lowest BCUT2D eigenvalue weighted by molar-refractivity contribution is -0.122. The molecule has 1 fully saturated rings. The molecule has 1 aromatic carbocycles. The summed E-state index contributed by atoms with van der Waals surface area (Å²) in [6.07, 6.45) is 15.5. The van der Waals surface area contributed by atoms with Crippen molar-refractivity contribution in [3.05, 3.63) is 42.0 Å². The summed E-state index contributed by atoms with van der Waals surface area (Å²) in [5.41, 5.74) is 1.95. The van der Waals surface area contributed by atoms with E-state index in [4.69, 9.17) is 0 Å². The fraction of sp³-hybridized carbons (Fsp3) is 0.615. The highest BCUT2D eigenvalue weighted by Crippen LogP contribution is 2.31. The molecule has 1 atom stereocenters. The Morgan fingerprint density at radius 1 is 0.931 bits per heavy atom. The minimum absolute atomic E-state index is 0.0559. The van der Waals surface area contributed by atoms with Gasteiger partial charge in [0.05, 0.1) is 11.6 Å². The number of nitrogens with zero attached hydrogens (tertiary/aromatic N) is 1. The summed E-state index contributed by atoms with van der Waals surface area (Å²) in [7, 11) is 0. The van der Waals surface area contributed by atoms with Gasteiger partial charge < -0.3 is 0 Å². The fourth-order valence-corrected chi connectivity index (χ4v) is 3.86. The van der Waals surface area contributed by atoms with Crippen LogP contribution in [0.4, 0.5) is 5.69 Å². The predicted molar refractivity (Wildman–Crippen MR) is 122 cm³/mol. The summed E-state index contributed by atoms with van der Waals surface area (Å²) in [6.45, 7) is 8.71. The Hall–Kier alpha value is -1.90. The van der Waals surface area contributed by atoms with E-state index in [9.17, 15) is 9.59 Å². The molecule has 0 radical (unpaired) electrons. The molecule has 1 heterocycles. The van der Waals surface area contributed by atoms with Crippen LogP contribution in [0.3, 0.4) is 0 Å². The minimum Gasteiger partial charge on any atom is -0.274 e. The van der Waals surface area contributed by atoms with Crippen LogP contribution in [0.5, 0.6) is 0 Å². The highest BCUT2D eigenvalue weighted by molar-refractivity contribution is 6.20. The van der Waals surface area contributed by atoms with E-state index in [1.54, 1.807) is 0 Å². The third-order valence-electron chi connectivity index (χ3n) is 5.79. The summed E-state index contributed by atoms with van der Waals surface area (Å²) >= 11 is 0. The van der Waals surface area contributed by atoms with Crippen LogP contribution in [0.2, 0.25) is 0 Å². The van der Waals surface area contributed by atoms with Crippen molar-refractivity contribution in [1.29, 1.82) is 0 Å². The van der Waals surface area contributed by atoms with E-state index >= 15 is 0 Å². The van der Waals surface area contributed by atoms with Crippen molar-refractivity contribution in [2.24, 2.45) is 5.92 Å². The molecule has 1 aliphatic heterocycles. The monoisotopic (exact) mass is 397 g/mol. The first-order valence-corrected chi connectivity index (χ1v) is 11.5. The van der Waals surface area contributed by atoms with E-state index in [0.717, 1.165) is 6.42 Å². The van der Waals surface area contributed by atoms with Crippen LogP contribution in [-0.2, 0) is 15.0 Å².